The maximum absolute atomic E-state index is 5.34. The van der Waals surface area contributed by atoms with Crippen LogP contribution >= 0.6 is 0 Å². The first-order valence-electron chi connectivity index (χ1n) is 11.3. The molecule has 0 spiro atoms. The van der Waals surface area contributed by atoms with Gasteiger partial charge in [0.2, 0.25) is 0 Å². The van der Waals surface area contributed by atoms with E-state index in [4.69, 9.17) is 4.74 Å². The predicted molar refractivity (Wildman–Crippen MR) is 124 cm³/mol. The molecule has 160 valence electrons. The Morgan fingerprint density at radius 2 is 1.97 bits per heavy atom. The van der Waals surface area contributed by atoms with Crippen LogP contribution in [0.1, 0.15) is 32.3 Å². The van der Waals surface area contributed by atoms with Gasteiger partial charge in [0.05, 0.1) is 12.8 Å². The summed E-state index contributed by atoms with van der Waals surface area (Å²) in [6, 6.07) is 12.5. The Morgan fingerprint density at radius 1 is 1.17 bits per heavy atom. The van der Waals surface area contributed by atoms with Crippen LogP contribution in [-0.4, -0.2) is 59.6 Å². The second-order valence-electron chi connectivity index (χ2n) is 8.34. The highest BCUT2D eigenvalue weighted by molar-refractivity contribution is 5.88. The number of hydrogen-bond acceptors (Lipinski definition) is 4. The van der Waals surface area contributed by atoms with E-state index in [1.54, 1.807) is 7.11 Å². The molecule has 1 aromatic carbocycles. The van der Waals surface area contributed by atoms with Gasteiger partial charge >= 0.3 is 0 Å². The second-order valence-corrected chi connectivity index (χ2v) is 8.34. The maximum atomic E-state index is 5.34. The number of methoxy groups -OCH3 is 1. The molecule has 0 saturated carbocycles. The average Bonchev–Trinajstić information content (AvgIpc) is 3.16. The van der Waals surface area contributed by atoms with Crippen molar-refractivity contribution in [3.05, 3.63) is 48.2 Å². The van der Waals surface area contributed by atoms with Crippen molar-refractivity contribution in [2.75, 3.05) is 39.8 Å². The standard InChI is InChI=1S/C25H34N4O/c1-4-28(5-2)16-19-8-7-15-29(17-19)18-23-22-9-6-14-26-25(22)27-24(23)20-10-12-21(30-3)13-11-20/h6,9-14,19H,4-5,7-8,15-18H2,1-3H3,(H,26,27)/t19-/m1/s1. The Hall–Kier alpha value is -2.37. The van der Waals surface area contributed by atoms with E-state index in [9.17, 15) is 0 Å². The molecule has 5 nitrogen and oxygen atoms in total. The number of aromatic nitrogens is 2. The topological polar surface area (TPSA) is 44.4 Å². The van der Waals surface area contributed by atoms with E-state index in [2.05, 4.69) is 51.8 Å². The number of ether oxygens (including phenoxy) is 1. The molecular formula is C25H34N4O. The van der Waals surface area contributed by atoms with Crippen molar-refractivity contribution in [3.8, 4) is 17.0 Å². The van der Waals surface area contributed by atoms with Gasteiger partial charge in [0.25, 0.3) is 0 Å². The number of aromatic amines is 1. The quantitative estimate of drug-likeness (QED) is 0.584. The van der Waals surface area contributed by atoms with Crippen molar-refractivity contribution in [1.82, 2.24) is 19.8 Å². The molecule has 1 atom stereocenters. The fraction of sp³-hybridized carbons (Fsp3) is 0.480. The average molecular weight is 407 g/mol. The number of pyridine rings is 1. The minimum absolute atomic E-state index is 0.756. The van der Waals surface area contributed by atoms with Gasteiger partial charge in [-0.1, -0.05) is 13.8 Å². The molecule has 0 radical (unpaired) electrons. The fourth-order valence-corrected chi connectivity index (χ4v) is 4.76. The van der Waals surface area contributed by atoms with Crippen molar-refractivity contribution in [2.24, 2.45) is 5.92 Å². The smallest absolute Gasteiger partial charge is 0.138 e. The number of nitrogens with one attached hydrogen (secondary N) is 1. The molecule has 4 rings (SSSR count). The van der Waals surface area contributed by atoms with Gasteiger partial charge < -0.3 is 14.6 Å². The summed E-state index contributed by atoms with van der Waals surface area (Å²) in [7, 11) is 1.71. The lowest BCUT2D eigenvalue weighted by atomic mass is 9.96. The number of rotatable bonds is 8. The van der Waals surface area contributed by atoms with Gasteiger partial charge in [-0.25, -0.2) is 4.98 Å². The number of H-pyrrole nitrogens is 1. The Morgan fingerprint density at radius 3 is 2.70 bits per heavy atom. The summed E-state index contributed by atoms with van der Waals surface area (Å²) in [5.74, 6) is 1.64. The van der Waals surface area contributed by atoms with Crippen LogP contribution in [0.3, 0.4) is 0 Å². The minimum Gasteiger partial charge on any atom is -0.497 e. The van der Waals surface area contributed by atoms with Crippen molar-refractivity contribution in [2.45, 2.75) is 33.2 Å². The molecule has 0 aliphatic carbocycles. The summed E-state index contributed by atoms with van der Waals surface area (Å²) in [4.78, 5) is 13.4. The summed E-state index contributed by atoms with van der Waals surface area (Å²) >= 11 is 0. The van der Waals surface area contributed by atoms with Crippen LogP contribution in [0.5, 0.6) is 5.75 Å². The molecule has 0 unspecified atom stereocenters. The van der Waals surface area contributed by atoms with Gasteiger partial charge in [0, 0.05) is 36.8 Å². The monoisotopic (exact) mass is 406 g/mol. The van der Waals surface area contributed by atoms with Gasteiger partial charge in [-0.05, 0) is 80.4 Å². The van der Waals surface area contributed by atoms with Crippen LogP contribution in [0.25, 0.3) is 22.3 Å². The van der Waals surface area contributed by atoms with Crippen LogP contribution in [0.4, 0.5) is 0 Å². The number of nitrogens with zero attached hydrogens (tertiary/aromatic N) is 3. The zero-order valence-electron chi connectivity index (χ0n) is 18.5. The van der Waals surface area contributed by atoms with Crippen molar-refractivity contribution < 1.29 is 4.74 Å². The summed E-state index contributed by atoms with van der Waals surface area (Å²) in [5.41, 5.74) is 4.68. The molecule has 1 aliphatic rings. The van der Waals surface area contributed by atoms with Gasteiger partial charge in [0.1, 0.15) is 11.4 Å². The fourth-order valence-electron chi connectivity index (χ4n) is 4.76. The van der Waals surface area contributed by atoms with Crippen molar-refractivity contribution in [3.63, 3.8) is 0 Å². The molecule has 1 N–H and O–H groups in total. The van der Waals surface area contributed by atoms with Crippen LogP contribution in [0, 0.1) is 5.92 Å². The Kier molecular flexibility index (Phi) is 6.70. The first-order chi connectivity index (χ1) is 14.7. The van der Waals surface area contributed by atoms with E-state index in [-0.39, 0.29) is 0 Å². The number of likely N-dealkylation sites (tertiary alicyclic amines) is 1. The molecule has 2 aromatic heterocycles. The third-order valence-electron chi connectivity index (χ3n) is 6.45. The number of hydrogen-bond donors (Lipinski definition) is 1. The summed E-state index contributed by atoms with van der Waals surface area (Å²) < 4.78 is 5.34. The highest BCUT2D eigenvalue weighted by Gasteiger charge is 2.24. The molecule has 3 heterocycles. The van der Waals surface area contributed by atoms with Crippen LogP contribution in [-0.2, 0) is 6.54 Å². The summed E-state index contributed by atoms with van der Waals surface area (Å²) in [6.07, 6.45) is 4.49. The lowest BCUT2D eigenvalue weighted by molar-refractivity contribution is 0.133. The van der Waals surface area contributed by atoms with Crippen LogP contribution in [0.2, 0.25) is 0 Å². The molecular weight excluding hydrogens is 372 g/mol. The Bertz CT molecular complexity index is 945. The number of piperidine rings is 1. The molecule has 0 bridgehead atoms. The van der Waals surface area contributed by atoms with Gasteiger partial charge in [0.15, 0.2) is 0 Å². The summed E-state index contributed by atoms with van der Waals surface area (Å²) in [6.45, 7) is 11.3. The lowest BCUT2D eigenvalue weighted by Crippen LogP contribution is -2.40. The largest absolute Gasteiger partial charge is 0.497 e. The Balaban J connectivity index is 1.59. The third kappa shape index (κ3) is 4.52. The van der Waals surface area contributed by atoms with Crippen LogP contribution in [0.15, 0.2) is 42.6 Å². The zero-order chi connectivity index (χ0) is 20.9. The number of benzene rings is 1. The summed E-state index contributed by atoms with van der Waals surface area (Å²) in [5, 5.41) is 1.23. The van der Waals surface area contributed by atoms with Gasteiger partial charge in [-0.3, -0.25) is 4.90 Å². The molecule has 30 heavy (non-hydrogen) atoms. The van der Waals surface area contributed by atoms with E-state index in [0.717, 1.165) is 36.9 Å². The highest BCUT2D eigenvalue weighted by Crippen LogP contribution is 2.32. The predicted octanol–water partition coefficient (Wildman–Crippen LogP) is 4.79. The molecule has 5 heteroatoms. The molecule has 1 saturated heterocycles. The molecule has 1 aliphatic heterocycles. The van der Waals surface area contributed by atoms with E-state index >= 15 is 0 Å². The Labute approximate surface area is 180 Å². The second kappa shape index (κ2) is 9.63. The molecule has 0 amide bonds. The molecule has 1 fully saturated rings. The van der Waals surface area contributed by atoms with Gasteiger partial charge in [-0.15, -0.1) is 0 Å². The normalized spacial score (nSPS) is 17.7. The van der Waals surface area contributed by atoms with Crippen LogP contribution < -0.4 is 4.74 Å². The zero-order valence-corrected chi connectivity index (χ0v) is 18.5. The first-order valence-corrected chi connectivity index (χ1v) is 11.3. The van der Waals surface area contributed by atoms with E-state index in [1.165, 1.54) is 54.7 Å². The lowest BCUT2D eigenvalue weighted by Gasteiger charge is -2.35. The SMILES string of the molecule is CCN(CC)C[C@H]1CCCN(Cc2c(-c3ccc(OC)cc3)[nH]c3ncccc23)C1. The van der Waals surface area contributed by atoms with Crippen molar-refractivity contribution >= 4 is 11.0 Å². The van der Waals surface area contributed by atoms with E-state index in [1.807, 2.05) is 24.4 Å². The first kappa shape index (κ1) is 20.9. The maximum Gasteiger partial charge on any atom is 0.138 e. The molecule has 3 aromatic rings. The van der Waals surface area contributed by atoms with Gasteiger partial charge in [-0.2, -0.15) is 0 Å². The minimum atomic E-state index is 0.756. The highest BCUT2D eigenvalue weighted by atomic mass is 16.5. The van der Waals surface area contributed by atoms with E-state index < -0.39 is 0 Å². The number of fused-ring (bicyclic) bond motifs is 1. The third-order valence-corrected chi connectivity index (χ3v) is 6.45. The van der Waals surface area contributed by atoms with Crippen molar-refractivity contribution in [1.29, 1.82) is 0 Å². The van der Waals surface area contributed by atoms with E-state index in [0.29, 0.717) is 0 Å².